The van der Waals surface area contributed by atoms with Crippen molar-refractivity contribution in [3.05, 3.63) is 29.3 Å². The van der Waals surface area contributed by atoms with Gasteiger partial charge in [0.05, 0.1) is 6.10 Å². The molecular formula is C19H31NO. The van der Waals surface area contributed by atoms with Gasteiger partial charge in [-0.15, -0.1) is 0 Å². The van der Waals surface area contributed by atoms with Crippen molar-refractivity contribution in [1.29, 1.82) is 0 Å². The SMILES string of the molecule is CCc1cccc(C)c1NC1CC(OCC(C)C)C1(C)C. The smallest absolute Gasteiger partial charge is 0.0665 e. The van der Waals surface area contributed by atoms with Gasteiger partial charge in [0.1, 0.15) is 0 Å². The Balaban J connectivity index is 2.03. The van der Waals surface area contributed by atoms with Gasteiger partial charge >= 0.3 is 0 Å². The first kappa shape index (κ1) is 16.4. The van der Waals surface area contributed by atoms with E-state index in [1.54, 1.807) is 0 Å². The summed E-state index contributed by atoms with van der Waals surface area (Å²) in [6, 6.07) is 7.08. The average molecular weight is 289 g/mol. The highest BCUT2D eigenvalue weighted by atomic mass is 16.5. The van der Waals surface area contributed by atoms with Gasteiger partial charge < -0.3 is 10.1 Å². The fourth-order valence-corrected chi connectivity index (χ4v) is 3.13. The number of rotatable bonds is 6. The van der Waals surface area contributed by atoms with Gasteiger partial charge in [-0.2, -0.15) is 0 Å². The summed E-state index contributed by atoms with van der Waals surface area (Å²) in [7, 11) is 0. The maximum absolute atomic E-state index is 6.07. The van der Waals surface area contributed by atoms with Crippen LogP contribution in [-0.4, -0.2) is 18.8 Å². The molecule has 1 N–H and O–H groups in total. The van der Waals surface area contributed by atoms with Crippen LogP contribution in [0, 0.1) is 18.3 Å². The van der Waals surface area contributed by atoms with E-state index in [1.807, 2.05) is 0 Å². The molecule has 0 saturated heterocycles. The maximum Gasteiger partial charge on any atom is 0.0665 e. The van der Waals surface area contributed by atoms with Crippen LogP contribution >= 0.6 is 0 Å². The van der Waals surface area contributed by atoms with Crippen LogP contribution in [0.5, 0.6) is 0 Å². The molecule has 0 heterocycles. The zero-order valence-corrected chi connectivity index (χ0v) is 14.5. The molecule has 1 aliphatic carbocycles. The Morgan fingerprint density at radius 3 is 2.62 bits per heavy atom. The molecule has 0 aliphatic heterocycles. The second-order valence-corrected chi connectivity index (χ2v) is 7.43. The van der Waals surface area contributed by atoms with Crippen LogP contribution < -0.4 is 5.32 Å². The molecule has 1 aromatic carbocycles. The number of benzene rings is 1. The van der Waals surface area contributed by atoms with Gasteiger partial charge in [-0.05, 0) is 36.8 Å². The van der Waals surface area contributed by atoms with Crippen molar-refractivity contribution in [2.45, 2.75) is 66.5 Å². The van der Waals surface area contributed by atoms with E-state index in [0.717, 1.165) is 19.4 Å². The molecule has 0 bridgehead atoms. The molecule has 0 spiro atoms. The lowest BCUT2D eigenvalue weighted by molar-refractivity contribution is -0.108. The summed E-state index contributed by atoms with van der Waals surface area (Å²) in [5.74, 6) is 0.607. The van der Waals surface area contributed by atoms with Gasteiger partial charge in [0.25, 0.3) is 0 Å². The Bertz CT molecular complexity index is 478. The van der Waals surface area contributed by atoms with Gasteiger partial charge in [0, 0.05) is 23.8 Å². The first-order chi connectivity index (χ1) is 9.86. The Labute approximate surface area is 130 Å². The summed E-state index contributed by atoms with van der Waals surface area (Å²) in [4.78, 5) is 0. The molecule has 1 aromatic rings. The molecule has 1 aliphatic rings. The van der Waals surface area contributed by atoms with E-state index in [9.17, 15) is 0 Å². The van der Waals surface area contributed by atoms with Crippen LogP contribution in [0.15, 0.2) is 18.2 Å². The van der Waals surface area contributed by atoms with Crippen molar-refractivity contribution >= 4 is 5.69 Å². The minimum absolute atomic E-state index is 0.197. The predicted molar refractivity (Wildman–Crippen MR) is 90.9 cm³/mol. The van der Waals surface area contributed by atoms with Gasteiger partial charge in [-0.25, -0.2) is 0 Å². The lowest BCUT2D eigenvalue weighted by Gasteiger charge is -2.52. The lowest BCUT2D eigenvalue weighted by atomic mass is 9.64. The largest absolute Gasteiger partial charge is 0.381 e. The Morgan fingerprint density at radius 1 is 1.33 bits per heavy atom. The van der Waals surface area contributed by atoms with Crippen molar-refractivity contribution in [2.75, 3.05) is 11.9 Å². The highest BCUT2D eigenvalue weighted by molar-refractivity contribution is 5.58. The monoisotopic (exact) mass is 289 g/mol. The maximum atomic E-state index is 6.07. The third-order valence-corrected chi connectivity index (χ3v) is 4.87. The van der Waals surface area contributed by atoms with E-state index < -0.39 is 0 Å². The number of ether oxygens (including phenoxy) is 1. The summed E-state index contributed by atoms with van der Waals surface area (Å²) in [5.41, 5.74) is 4.29. The van der Waals surface area contributed by atoms with Gasteiger partial charge in [-0.3, -0.25) is 0 Å². The van der Waals surface area contributed by atoms with Crippen molar-refractivity contribution in [3.63, 3.8) is 0 Å². The third kappa shape index (κ3) is 3.42. The molecule has 0 aromatic heterocycles. The third-order valence-electron chi connectivity index (χ3n) is 4.87. The fourth-order valence-electron chi connectivity index (χ4n) is 3.13. The summed E-state index contributed by atoms with van der Waals surface area (Å²) < 4.78 is 6.07. The highest BCUT2D eigenvalue weighted by Crippen LogP contribution is 2.45. The Hall–Kier alpha value is -1.02. The lowest BCUT2D eigenvalue weighted by Crippen LogP contribution is -2.58. The van der Waals surface area contributed by atoms with Gasteiger partial charge in [0.15, 0.2) is 0 Å². The molecular weight excluding hydrogens is 258 g/mol. The summed E-state index contributed by atoms with van der Waals surface area (Å²) in [5, 5.41) is 3.79. The molecule has 2 rings (SSSR count). The van der Waals surface area contributed by atoms with E-state index in [-0.39, 0.29) is 5.41 Å². The summed E-state index contributed by atoms with van der Waals surface area (Å²) in [6.45, 7) is 14.3. The van der Waals surface area contributed by atoms with E-state index in [4.69, 9.17) is 4.74 Å². The van der Waals surface area contributed by atoms with E-state index in [2.05, 4.69) is 65.1 Å². The van der Waals surface area contributed by atoms with Crippen LogP contribution in [0.25, 0.3) is 0 Å². The Kier molecular flexibility index (Phi) is 4.98. The number of anilines is 1. The van der Waals surface area contributed by atoms with Crippen LogP contribution in [0.3, 0.4) is 0 Å². The van der Waals surface area contributed by atoms with E-state index in [1.165, 1.54) is 16.8 Å². The molecule has 2 nitrogen and oxygen atoms in total. The fraction of sp³-hybridized carbons (Fsp3) is 0.684. The first-order valence-corrected chi connectivity index (χ1v) is 8.32. The standard InChI is InChI=1S/C19H31NO/c1-7-15-10-8-9-14(4)18(15)20-16-11-17(19(16,5)6)21-12-13(2)3/h8-10,13,16-17,20H,7,11-12H2,1-6H3. The molecule has 1 fully saturated rings. The second kappa shape index (κ2) is 6.39. The first-order valence-electron chi connectivity index (χ1n) is 8.32. The molecule has 0 amide bonds. The molecule has 21 heavy (non-hydrogen) atoms. The normalized spacial score (nSPS) is 24.0. The van der Waals surface area contributed by atoms with Gasteiger partial charge in [0.2, 0.25) is 0 Å². The topological polar surface area (TPSA) is 21.3 Å². The molecule has 118 valence electrons. The zero-order valence-electron chi connectivity index (χ0n) is 14.5. The van der Waals surface area contributed by atoms with Crippen LogP contribution in [0.4, 0.5) is 5.69 Å². The van der Waals surface area contributed by atoms with Gasteiger partial charge in [-0.1, -0.05) is 52.8 Å². The summed E-state index contributed by atoms with van der Waals surface area (Å²) >= 11 is 0. The van der Waals surface area contributed by atoms with Crippen molar-refractivity contribution in [3.8, 4) is 0 Å². The van der Waals surface area contributed by atoms with E-state index in [0.29, 0.717) is 18.1 Å². The minimum atomic E-state index is 0.197. The predicted octanol–water partition coefficient (Wildman–Crippen LogP) is 4.81. The molecule has 2 unspecified atom stereocenters. The molecule has 1 saturated carbocycles. The Morgan fingerprint density at radius 2 is 2.05 bits per heavy atom. The quantitative estimate of drug-likeness (QED) is 0.811. The van der Waals surface area contributed by atoms with Crippen LogP contribution in [0.2, 0.25) is 0 Å². The zero-order chi connectivity index (χ0) is 15.6. The number of aryl methyl sites for hydroxylation is 2. The number of hydrogen-bond acceptors (Lipinski definition) is 2. The van der Waals surface area contributed by atoms with Crippen molar-refractivity contribution < 1.29 is 4.74 Å². The average Bonchev–Trinajstić information content (AvgIpc) is 2.42. The van der Waals surface area contributed by atoms with E-state index >= 15 is 0 Å². The van der Waals surface area contributed by atoms with Crippen molar-refractivity contribution in [1.82, 2.24) is 0 Å². The number of nitrogens with one attached hydrogen (secondary N) is 1. The summed E-state index contributed by atoms with van der Waals surface area (Å²) in [6.07, 6.45) is 2.56. The highest BCUT2D eigenvalue weighted by Gasteiger charge is 2.49. The number of hydrogen-bond donors (Lipinski definition) is 1. The minimum Gasteiger partial charge on any atom is -0.381 e. The molecule has 2 heteroatoms. The van der Waals surface area contributed by atoms with Crippen LogP contribution in [-0.2, 0) is 11.2 Å². The molecule has 2 atom stereocenters. The van der Waals surface area contributed by atoms with Crippen molar-refractivity contribution in [2.24, 2.45) is 11.3 Å². The van der Waals surface area contributed by atoms with Crippen LogP contribution in [0.1, 0.15) is 52.2 Å². The second-order valence-electron chi connectivity index (χ2n) is 7.43. The number of para-hydroxylation sites is 1. The molecule has 0 radical (unpaired) electrons.